The topological polar surface area (TPSA) is 79.5 Å². The summed E-state index contributed by atoms with van der Waals surface area (Å²) in [5.74, 6) is -0.558. The van der Waals surface area contributed by atoms with Gasteiger partial charge >= 0.3 is 0 Å². The van der Waals surface area contributed by atoms with Gasteiger partial charge in [-0.1, -0.05) is 43.2 Å². The van der Waals surface area contributed by atoms with Crippen LogP contribution in [0.2, 0.25) is 0 Å². The van der Waals surface area contributed by atoms with E-state index in [1.54, 1.807) is 18.2 Å². The van der Waals surface area contributed by atoms with Crippen molar-refractivity contribution in [2.45, 2.75) is 51.0 Å². The second kappa shape index (κ2) is 10.1. The zero-order chi connectivity index (χ0) is 22.4. The van der Waals surface area contributed by atoms with Crippen LogP contribution in [-0.4, -0.2) is 44.7 Å². The lowest BCUT2D eigenvalue weighted by Crippen LogP contribution is -2.54. The molecule has 0 bridgehead atoms. The first-order chi connectivity index (χ1) is 15.5. The minimum atomic E-state index is -0.660. The van der Waals surface area contributed by atoms with Gasteiger partial charge in [0.15, 0.2) is 0 Å². The zero-order valence-electron chi connectivity index (χ0n) is 18.6. The van der Waals surface area contributed by atoms with Gasteiger partial charge in [0, 0.05) is 18.7 Å². The standard InChI is InChI=1S/C25H34FN3O3/c26-20-9-2-1-8-19(20)21-16-28-22(30)25(13-7-14-27-17-25)18-32-15-6-5-12-24(23(31)29-21)10-3-4-11-24/h1-2,5-6,8-9,21,27H,3-4,7,10-18H2,(H,28,30)(H,29,31)/b6-5-. The number of piperidine rings is 1. The monoisotopic (exact) mass is 443 g/mol. The SMILES string of the molecule is O=C1NCC(c2ccccc2F)NC(=O)C2(C/C=C\COCC13CCCNC3)CCCC2. The first-order valence-corrected chi connectivity index (χ1v) is 11.8. The van der Waals surface area contributed by atoms with E-state index in [2.05, 4.69) is 16.0 Å². The molecule has 2 spiro atoms. The van der Waals surface area contributed by atoms with Crippen molar-refractivity contribution < 1.29 is 18.7 Å². The molecule has 1 saturated carbocycles. The van der Waals surface area contributed by atoms with Crippen molar-refractivity contribution in [1.82, 2.24) is 16.0 Å². The third-order valence-electron chi connectivity index (χ3n) is 7.32. The van der Waals surface area contributed by atoms with Gasteiger partial charge in [-0.25, -0.2) is 4.39 Å². The van der Waals surface area contributed by atoms with Crippen LogP contribution in [-0.2, 0) is 14.3 Å². The summed E-state index contributed by atoms with van der Waals surface area (Å²) in [7, 11) is 0. The van der Waals surface area contributed by atoms with E-state index in [4.69, 9.17) is 4.74 Å². The molecule has 4 rings (SSSR count). The average molecular weight is 444 g/mol. The molecule has 6 nitrogen and oxygen atoms in total. The lowest BCUT2D eigenvalue weighted by molar-refractivity contribution is -0.137. The normalized spacial score (nSPS) is 30.5. The number of ether oxygens (including phenoxy) is 1. The van der Waals surface area contributed by atoms with Gasteiger partial charge in [0.1, 0.15) is 5.82 Å². The molecule has 1 saturated heterocycles. The van der Waals surface area contributed by atoms with Crippen LogP contribution in [0.15, 0.2) is 36.4 Å². The van der Waals surface area contributed by atoms with Crippen molar-refractivity contribution >= 4 is 11.8 Å². The maximum atomic E-state index is 14.7. The summed E-state index contributed by atoms with van der Waals surface area (Å²) >= 11 is 0. The molecular weight excluding hydrogens is 409 g/mol. The van der Waals surface area contributed by atoms with Crippen molar-refractivity contribution in [3.8, 4) is 0 Å². The molecule has 0 radical (unpaired) electrons. The molecule has 32 heavy (non-hydrogen) atoms. The summed E-state index contributed by atoms with van der Waals surface area (Å²) in [6.07, 6.45) is 9.90. The Kier molecular flexibility index (Phi) is 7.26. The molecule has 2 fully saturated rings. The summed E-state index contributed by atoms with van der Waals surface area (Å²) in [5, 5.41) is 9.43. The number of allylic oxidation sites excluding steroid dienone is 1. The van der Waals surface area contributed by atoms with Crippen LogP contribution in [0.5, 0.6) is 0 Å². The molecule has 1 aromatic rings. The first kappa shape index (κ1) is 22.9. The Bertz CT molecular complexity index is 845. The van der Waals surface area contributed by atoms with Crippen LogP contribution in [0.3, 0.4) is 0 Å². The van der Waals surface area contributed by atoms with Crippen molar-refractivity contribution in [3.63, 3.8) is 0 Å². The Morgan fingerprint density at radius 1 is 0.969 bits per heavy atom. The lowest BCUT2D eigenvalue weighted by atomic mass is 9.80. The van der Waals surface area contributed by atoms with Crippen molar-refractivity contribution in [3.05, 3.63) is 47.8 Å². The van der Waals surface area contributed by atoms with E-state index in [1.807, 2.05) is 12.2 Å². The second-order valence-electron chi connectivity index (χ2n) is 9.50. The largest absolute Gasteiger partial charge is 0.376 e. The Hall–Kier alpha value is -2.25. The summed E-state index contributed by atoms with van der Waals surface area (Å²) in [5.41, 5.74) is -0.751. The van der Waals surface area contributed by atoms with Gasteiger partial charge in [0.25, 0.3) is 0 Å². The Morgan fingerprint density at radius 3 is 2.50 bits per heavy atom. The molecule has 0 aromatic heterocycles. The maximum absolute atomic E-state index is 14.7. The van der Waals surface area contributed by atoms with Gasteiger partial charge in [0.2, 0.25) is 11.8 Å². The Labute approximate surface area is 189 Å². The quantitative estimate of drug-likeness (QED) is 0.583. The number of carbonyl (C=O) groups excluding carboxylic acids is 2. The van der Waals surface area contributed by atoms with E-state index in [9.17, 15) is 14.0 Å². The predicted molar refractivity (Wildman–Crippen MR) is 120 cm³/mol. The highest BCUT2D eigenvalue weighted by Crippen LogP contribution is 2.42. The number of hydrogen-bond acceptors (Lipinski definition) is 4. The second-order valence-corrected chi connectivity index (χ2v) is 9.50. The van der Waals surface area contributed by atoms with Crippen LogP contribution in [0.25, 0.3) is 0 Å². The molecule has 3 N–H and O–H groups in total. The van der Waals surface area contributed by atoms with Gasteiger partial charge < -0.3 is 20.7 Å². The molecule has 7 heteroatoms. The van der Waals surface area contributed by atoms with Gasteiger partial charge in [-0.2, -0.15) is 0 Å². The molecule has 2 heterocycles. The summed E-state index contributed by atoms with van der Waals surface area (Å²) in [4.78, 5) is 26.8. The van der Waals surface area contributed by atoms with Gasteiger partial charge in [-0.05, 0) is 44.7 Å². The lowest BCUT2D eigenvalue weighted by Gasteiger charge is -2.37. The predicted octanol–water partition coefficient (Wildman–Crippen LogP) is 3.01. The Morgan fingerprint density at radius 2 is 1.75 bits per heavy atom. The van der Waals surface area contributed by atoms with Gasteiger partial charge in [-0.3, -0.25) is 9.59 Å². The highest BCUT2D eigenvalue weighted by atomic mass is 19.1. The molecule has 2 amide bonds. The fraction of sp³-hybridized carbons (Fsp3) is 0.600. The van der Waals surface area contributed by atoms with E-state index >= 15 is 0 Å². The van der Waals surface area contributed by atoms with E-state index in [-0.39, 0.29) is 24.2 Å². The van der Waals surface area contributed by atoms with E-state index in [1.165, 1.54) is 6.07 Å². The van der Waals surface area contributed by atoms with E-state index < -0.39 is 16.9 Å². The fourth-order valence-electron chi connectivity index (χ4n) is 5.32. The van der Waals surface area contributed by atoms with Gasteiger partial charge in [0.05, 0.1) is 30.1 Å². The average Bonchev–Trinajstić information content (AvgIpc) is 3.29. The minimum Gasteiger partial charge on any atom is -0.376 e. The van der Waals surface area contributed by atoms with Crippen LogP contribution < -0.4 is 16.0 Å². The third-order valence-corrected chi connectivity index (χ3v) is 7.32. The number of nitrogens with one attached hydrogen (secondary N) is 3. The van der Waals surface area contributed by atoms with Crippen LogP contribution in [0, 0.1) is 16.6 Å². The summed E-state index contributed by atoms with van der Waals surface area (Å²) in [6, 6.07) is 5.82. The molecule has 1 aliphatic carbocycles. The minimum absolute atomic E-state index is 0.0609. The van der Waals surface area contributed by atoms with Crippen molar-refractivity contribution in [2.75, 3.05) is 32.8 Å². The van der Waals surface area contributed by atoms with Crippen molar-refractivity contribution in [2.24, 2.45) is 10.8 Å². The first-order valence-electron chi connectivity index (χ1n) is 11.8. The van der Waals surface area contributed by atoms with Crippen LogP contribution >= 0.6 is 0 Å². The zero-order valence-corrected chi connectivity index (χ0v) is 18.6. The molecule has 2 aliphatic heterocycles. The smallest absolute Gasteiger partial charge is 0.229 e. The number of rotatable bonds is 1. The molecule has 1 aromatic carbocycles. The number of hydrogen-bond donors (Lipinski definition) is 3. The van der Waals surface area contributed by atoms with Crippen LogP contribution in [0.4, 0.5) is 4.39 Å². The van der Waals surface area contributed by atoms with E-state index in [0.29, 0.717) is 31.7 Å². The van der Waals surface area contributed by atoms with E-state index in [0.717, 1.165) is 45.1 Å². The molecule has 2 unspecified atom stereocenters. The van der Waals surface area contributed by atoms with Gasteiger partial charge in [-0.15, -0.1) is 0 Å². The highest BCUT2D eigenvalue weighted by Gasteiger charge is 2.42. The Balaban J connectivity index is 1.63. The molecular formula is C25H34FN3O3. The van der Waals surface area contributed by atoms with Crippen molar-refractivity contribution in [1.29, 1.82) is 0 Å². The number of carbonyl (C=O) groups is 2. The number of amides is 2. The summed E-state index contributed by atoms with van der Waals surface area (Å²) < 4.78 is 20.6. The molecule has 3 aliphatic rings. The summed E-state index contributed by atoms with van der Waals surface area (Å²) in [6.45, 7) is 2.31. The fourth-order valence-corrected chi connectivity index (χ4v) is 5.32. The highest BCUT2D eigenvalue weighted by molar-refractivity contribution is 5.85. The number of halogens is 1. The third kappa shape index (κ3) is 4.89. The maximum Gasteiger partial charge on any atom is 0.229 e. The van der Waals surface area contributed by atoms with Crippen LogP contribution in [0.1, 0.15) is 56.6 Å². The molecule has 174 valence electrons. The molecule has 2 atom stereocenters. The number of benzene rings is 1.